The number of nitrogens with one attached hydrogen (secondary N) is 2. The summed E-state index contributed by atoms with van der Waals surface area (Å²) in [7, 11) is 0. The number of urea groups is 1. The van der Waals surface area contributed by atoms with Gasteiger partial charge in [0.25, 0.3) is 0 Å². The van der Waals surface area contributed by atoms with Crippen LogP contribution in [0, 0.1) is 5.41 Å². The molecule has 0 saturated heterocycles. The first-order valence-electron chi connectivity index (χ1n) is 6.95. The maximum atomic E-state index is 12.0. The second-order valence-electron chi connectivity index (χ2n) is 6.74. The summed E-state index contributed by atoms with van der Waals surface area (Å²) >= 11 is 0. The van der Waals surface area contributed by atoms with E-state index in [4.69, 9.17) is 5.11 Å². The molecule has 110 valence electrons. The minimum atomic E-state index is -0.855. The number of rotatable bonds is 4. The van der Waals surface area contributed by atoms with Crippen molar-refractivity contribution in [1.29, 1.82) is 0 Å². The Bertz CT molecular complexity index is 341. The number of carboxylic acid groups (broad SMARTS) is 1. The predicted octanol–water partition coefficient (Wildman–Crippen LogP) is 2.51. The lowest BCUT2D eigenvalue weighted by Gasteiger charge is -2.32. The Morgan fingerprint density at radius 1 is 1.26 bits per heavy atom. The fraction of sp³-hybridized carbons (Fsp3) is 0.857. The highest BCUT2D eigenvalue weighted by Crippen LogP contribution is 2.32. The van der Waals surface area contributed by atoms with E-state index >= 15 is 0 Å². The minimum absolute atomic E-state index is 0.00428. The topological polar surface area (TPSA) is 78.4 Å². The maximum absolute atomic E-state index is 12.0. The first-order chi connectivity index (χ1) is 8.65. The number of hydrogen-bond acceptors (Lipinski definition) is 2. The van der Waals surface area contributed by atoms with E-state index in [2.05, 4.69) is 31.4 Å². The third-order valence-corrected chi connectivity index (χ3v) is 4.08. The van der Waals surface area contributed by atoms with Gasteiger partial charge >= 0.3 is 12.0 Å². The number of carbonyl (C=O) groups is 2. The summed E-state index contributed by atoms with van der Waals surface area (Å²) in [5, 5.41) is 14.8. The van der Waals surface area contributed by atoms with Gasteiger partial charge in [0, 0.05) is 6.04 Å². The van der Waals surface area contributed by atoms with E-state index in [1.807, 2.05) is 6.92 Å². The summed E-state index contributed by atoms with van der Waals surface area (Å²) in [6, 6.07) is -0.235. The van der Waals surface area contributed by atoms with E-state index < -0.39 is 11.5 Å². The normalized spacial score (nSPS) is 19.8. The van der Waals surface area contributed by atoms with Crippen LogP contribution in [0.25, 0.3) is 0 Å². The summed E-state index contributed by atoms with van der Waals surface area (Å²) < 4.78 is 0. The van der Waals surface area contributed by atoms with Crippen molar-refractivity contribution in [3.05, 3.63) is 0 Å². The van der Waals surface area contributed by atoms with Crippen LogP contribution in [0.1, 0.15) is 59.8 Å². The molecule has 0 aromatic carbocycles. The average Bonchev–Trinajstić information content (AvgIpc) is 2.62. The maximum Gasteiger partial charge on any atom is 0.315 e. The predicted molar refractivity (Wildman–Crippen MR) is 74.0 cm³/mol. The van der Waals surface area contributed by atoms with Crippen LogP contribution in [0.2, 0.25) is 0 Å². The lowest BCUT2D eigenvalue weighted by Crippen LogP contribution is -2.55. The van der Waals surface area contributed by atoms with E-state index in [0.717, 1.165) is 25.7 Å². The third kappa shape index (κ3) is 4.73. The van der Waals surface area contributed by atoms with Gasteiger partial charge in [0.05, 0.1) is 12.0 Å². The van der Waals surface area contributed by atoms with Crippen LogP contribution < -0.4 is 10.6 Å². The van der Waals surface area contributed by atoms with Gasteiger partial charge in [-0.05, 0) is 25.2 Å². The Kier molecular flexibility index (Phi) is 4.82. The molecule has 1 unspecified atom stereocenters. The molecule has 5 nitrogen and oxygen atoms in total. The zero-order chi connectivity index (χ0) is 14.7. The first kappa shape index (κ1) is 15.8. The Balaban J connectivity index is 2.60. The smallest absolute Gasteiger partial charge is 0.315 e. The second kappa shape index (κ2) is 5.80. The quantitative estimate of drug-likeness (QED) is 0.734. The van der Waals surface area contributed by atoms with Gasteiger partial charge in [-0.2, -0.15) is 0 Å². The zero-order valence-corrected chi connectivity index (χ0v) is 12.4. The molecule has 1 atom stereocenters. The Hall–Kier alpha value is -1.26. The second-order valence-corrected chi connectivity index (χ2v) is 6.74. The molecule has 1 aliphatic carbocycles. The molecule has 0 radical (unpaired) electrons. The minimum Gasteiger partial charge on any atom is -0.481 e. The van der Waals surface area contributed by atoms with Gasteiger partial charge in [-0.15, -0.1) is 0 Å². The molecule has 1 fully saturated rings. The van der Waals surface area contributed by atoms with E-state index in [0.29, 0.717) is 0 Å². The van der Waals surface area contributed by atoms with Gasteiger partial charge in [-0.3, -0.25) is 4.79 Å². The number of amides is 2. The van der Waals surface area contributed by atoms with E-state index in [-0.39, 0.29) is 23.9 Å². The molecule has 19 heavy (non-hydrogen) atoms. The van der Waals surface area contributed by atoms with Crippen LogP contribution in [0.15, 0.2) is 0 Å². The first-order valence-corrected chi connectivity index (χ1v) is 6.95. The van der Waals surface area contributed by atoms with Crippen LogP contribution in [0.4, 0.5) is 4.79 Å². The summed E-state index contributed by atoms with van der Waals surface area (Å²) in [4.78, 5) is 23.0. The van der Waals surface area contributed by atoms with Gasteiger partial charge in [-0.1, -0.05) is 33.6 Å². The Morgan fingerprint density at radius 3 is 2.21 bits per heavy atom. The summed E-state index contributed by atoms with van der Waals surface area (Å²) in [5.74, 6) is -0.855. The largest absolute Gasteiger partial charge is 0.481 e. The van der Waals surface area contributed by atoms with Crippen LogP contribution >= 0.6 is 0 Å². The molecule has 1 aliphatic rings. The number of aliphatic carboxylic acids is 1. The molecule has 0 spiro atoms. The molecule has 1 rings (SSSR count). The van der Waals surface area contributed by atoms with Gasteiger partial charge in [-0.25, -0.2) is 4.79 Å². The molecule has 3 N–H and O–H groups in total. The molecule has 1 saturated carbocycles. The van der Waals surface area contributed by atoms with Crippen molar-refractivity contribution in [3.63, 3.8) is 0 Å². The summed E-state index contributed by atoms with van der Waals surface area (Å²) in [6.45, 7) is 8.12. The molecule has 2 amide bonds. The molecule has 0 aliphatic heterocycles. The van der Waals surface area contributed by atoms with Crippen molar-refractivity contribution in [3.8, 4) is 0 Å². The van der Waals surface area contributed by atoms with Crippen molar-refractivity contribution in [2.24, 2.45) is 5.41 Å². The molecule has 0 aromatic rings. The van der Waals surface area contributed by atoms with Crippen molar-refractivity contribution in [1.82, 2.24) is 10.6 Å². The number of carbonyl (C=O) groups excluding carboxylic acids is 1. The molecule has 0 bridgehead atoms. The Morgan fingerprint density at radius 2 is 1.79 bits per heavy atom. The highest BCUT2D eigenvalue weighted by Gasteiger charge is 2.38. The molecule has 0 heterocycles. The van der Waals surface area contributed by atoms with Gasteiger partial charge in [0.1, 0.15) is 0 Å². The van der Waals surface area contributed by atoms with Crippen molar-refractivity contribution in [2.75, 3.05) is 0 Å². The van der Waals surface area contributed by atoms with Gasteiger partial charge in [0.2, 0.25) is 0 Å². The van der Waals surface area contributed by atoms with Crippen molar-refractivity contribution in [2.45, 2.75) is 71.4 Å². The average molecular weight is 270 g/mol. The number of hydrogen-bond donors (Lipinski definition) is 3. The van der Waals surface area contributed by atoms with Crippen LogP contribution in [0.3, 0.4) is 0 Å². The van der Waals surface area contributed by atoms with Gasteiger partial charge < -0.3 is 15.7 Å². The third-order valence-electron chi connectivity index (χ3n) is 4.08. The van der Waals surface area contributed by atoms with Crippen molar-refractivity contribution >= 4 is 12.0 Å². The van der Waals surface area contributed by atoms with Gasteiger partial charge in [0.15, 0.2) is 0 Å². The van der Waals surface area contributed by atoms with Crippen LogP contribution in [-0.2, 0) is 4.79 Å². The van der Waals surface area contributed by atoms with E-state index in [1.165, 1.54) is 0 Å². The summed E-state index contributed by atoms with van der Waals surface area (Å²) in [5.41, 5.74) is -0.583. The lowest BCUT2D eigenvalue weighted by molar-refractivity contribution is -0.138. The molecule has 0 aromatic heterocycles. The zero-order valence-electron chi connectivity index (χ0n) is 12.4. The summed E-state index contributed by atoms with van der Waals surface area (Å²) in [6.07, 6.45) is 3.45. The molecular weight excluding hydrogens is 244 g/mol. The molecular formula is C14H26N2O3. The number of carboxylic acids is 1. The van der Waals surface area contributed by atoms with Crippen LogP contribution in [-0.4, -0.2) is 28.7 Å². The van der Waals surface area contributed by atoms with E-state index in [1.54, 1.807) is 0 Å². The van der Waals surface area contributed by atoms with Crippen molar-refractivity contribution < 1.29 is 14.7 Å². The monoisotopic (exact) mass is 270 g/mol. The standard InChI is InChI=1S/C14H26N2O3/c1-10(13(2,3)4)15-12(19)16-14(9-11(17)18)7-5-6-8-14/h10H,5-9H2,1-4H3,(H,17,18)(H2,15,16,19). The molecule has 5 heteroatoms. The highest BCUT2D eigenvalue weighted by atomic mass is 16.4. The Labute approximate surface area is 115 Å². The fourth-order valence-electron chi connectivity index (χ4n) is 2.38. The highest BCUT2D eigenvalue weighted by molar-refractivity contribution is 5.77. The fourth-order valence-corrected chi connectivity index (χ4v) is 2.38. The SMILES string of the molecule is CC(NC(=O)NC1(CC(=O)O)CCCC1)C(C)(C)C. The lowest BCUT2D eigenvalue weighted by atomic mass is 9.88. The van der Waals surface area contributed by atoms with Crippen LogP contribution in [0.5, 0.6) is 0 Å². The van der Waals surface area contributed by atoms with E-state index in [9.17, 15) is 9.59 Å².